The number of hydrogen-bond donors (Lipinski definition) is 2. The predicted molar refractivity (Wildman–Crippen MR) is 75.7 cm³/mol. The summed E-state index contributed by atoms with van der Waals surface area (Å²) in [5, 5.41) is 4.88. The third kappa shape index (κ3) is 7.70. The molecule has 21 heavy (non-hydrogen) atoms. The maximum Gasteiger partial charge on any atom is 0.401 e. The summed E-state index contributed by atoms with van der Waals surface area (Å²) in [6.07, 6.45) is -3.58. The molecule has 118 valence electrons. The van der Waals surface area contributed by atoms with E-state index < -0.39 is 18.6 Å². The fraction of sp³-hybridized carbons (Fsp3) is 0.533. The van der Waals surface area contributed by atoms with E-state index in [1.807, 2.05) is 44.2 Å². The normalized spacial score (nSPS) is 13.2. The highest BCUT2D eigenvalue weighted by atomic mass is 19.4. The highest BCUT2D eigenvalue weighted by molar-refractivity contribution is 5.78. The molecule has 0 aliphatic carbocycles. The molecule has 3 nitrogen and oxygen atoms in total. The highest BCUT2D eigenvalue weighted by Crippen LogP contribution is 2.20. The van der Waals surface area contributed by atoms with Gasteiger partial charge in [0.1, 0.15) is 0 Å². The van der Waals surface area contributed by atoms with Crippen LogP contribution in [0.1, 0.15) is 31.9 Å². The van der Waals surface area contributed by atoms with Crippen LogP contribution in [0.3, 0.4) is 0 Å². The van der Waals surface area contributed by atoms with E-state index in [9.17, 15) is 18.0 Å². The van der Waals surface area contributed by atoms with E-state index >= 15 is 0 Å². The van der Waals surface area contributed by atoms with E-state index in [-0.39, 0.29) is 12.6 Å². The number of rotatable bonds is 7. The van der Waals surface area contributed by atoms with Crippen LogP contribution in [0.5, 0.6) is 0 Å². The number of nitrogens with one attached hydrogen (secondary N) is 2. The molecule has 0 aromatic heterocycles. The Morgan fingerprint density at radius 2 is 1.81 bits per heavy atom. The lowest BCUT2D eigenvalue weighted by atomic mass is 9.97. The van der Waals surface area contributed by atoms with Gasteiger partial charge >= 0.3 is 6.18 Å². The van der Waals surface area contributed by atoms with Crippen LogP contribution in [0.15, 0.2) is 30.3 Å². The van der Waals surface area contributed by atoms with Gasteiger partial charge in [0.2, 0.25) is 5.91 Å². The number of carbonyl (C=O) groups excluding carboxylic acids is 1. The molecule has 6 heteroatoms. The maximum absolute atomic E-state index is 12.0. The number of benzene rings is 1. The molecule has 0 heterocycles. The summed E-state index contributed by atoms with van der Waals surface area (Å²) in [4.78, 5) is 11.8. The molecular formula is C15H21F3N2O. The molecule has 0 bridgehead atoms. The molecule has 1 amide bonds. The zero-order valence-corrected chi connectivity index (χ0v) is 12.2. The molecule has 1 aromatic rings. The molecule has 1 rings (SSSR count). The first kappa shape index (κ1) is 17.5. The quantitative estimate of drug-likeness (QED) is 0.813. The van der Waals surface area contributed by atoms with Crippen LogP contribution >= 0.6 is 0 Å². The second-order valence-electron chi connectivity index (χ2n) is 5.38. The van der Waals surface area contributed by atoms with Crippen LogP contribution < -0.4 is 10.6 Å². The Labute approximate surface area is 122 Å². The molecular weight excluding hydrogens is 281 g/mol. The topological polar surface area (TPSA) is 41.1 Å². The summed E-state index contributed by atoms with van der Waals surface area (Å²) in [6, 6.07) is 9.23. The minimum Gasteiger partial charge on any atom is -0.348 e. The second-order valence-corrected chi connectivity index (χ2v) is 5.38. The molecule has 1 atom stereocenters. The molecule has 0 radical (unpaired) electrons. The van der Waals surface area contributed by atoms with Crippen molar-refractivity contribution >= 4 is 5.91 Å². The first-order valence-electron chi connectivity index (χ1n) is 6.89. The van der Waals surface area contributed by atoms with E-state index in [1.54, 1.807) is 0 Å². The van der Waals surface area contributed by atoms with Crippen LogP contribution in [0.4, 0.5) is 13.2 Å². The van der Waals surface area contributed by atoms with E-state index in [0.29, 0.717) is 5.92 Å². The summed E-state index contributed by atoms with van der Waals surface area (Å²) < 4.78 is 36.0. The monoisotopic (exact) mass is 302 g/mol. The lowest BCUT2D eigenvalue weighted by molar-refractivity contribution is -0.128. The Bertz CT molecular complexity index is 432. The van der Waals surface area contributed by atoms with Gasteiger partial charge in [0.05, 0.1) is 19.1 Å². The van der Waals surface area contributed by atoms with Crippen molar-refractivity contribution in [2.75, 3.05) is 13.1 Å². The Morgan fingerprint density at radius 3 is 2.33 bits per heavy atom. The second kappa shape index (κ2) is 8.02. The van der Waals surface area contributed by atoms with Crippen molar-refractivity contribution in [3.8, 4) is 0 Å². The Morgan fingerprint density at radius 1 is 1.19 bits per heavy atom. The Hall–Kier alpha value is -1.56. The number of alkyl halides is 3. The lowest BCUT2D eigenvalue weighted by Crippen LogP contribution is -2.39. The van der Waals surface area contributed by atoms with Crippen LogP contribution in [0, 0.1) is 5.92 Å². The smallest absolute Gasteiger partial charge is 0.348 e. The molecule has 1 unspecified atom stereocenters. The zero-order valence-electron chi connectivity index (χ0n) is 12.2. The minimum atomic E-state index is -4.31. The molecule has 0 fully saturated rings. The number of amides is 1. The summed E-state index contributed by atoms with van der Waals surface area (Å²) in [6.45, 7) is 2.55. The fourth-order valence-electron chi connectivity index (χ4n) is 2.00. The van der Waals surface area contributed by atoms with Crippen LogP contribution in [0.2, 0.25) is 0 Å². The summed E-state index contributed by atoms with van der Waals surface area (Å²) in [5.74, 6) is -0.0765. The molecule has 0 spiro atoms. The molecule has 0 aliphatic heterocycles. The van der Waals surface area contributed by atoms with E-state index in [0.717, 1.165) is 12.0 Å². The third-order valence-electron chi connectivity index (χ3n) is 2.86. The van der Waals surface area contributed by atoms with E-state index in [1.165, 1.54) is 0 Å². The van der Waals surface area contributed by atoms with Gasteiger partial charge in [0.15, 0.2) is 0 Å². The Kier molecular flexibility index (Phi) is 6.68. The lowest BCUT2D eigenvalue weighted by Gasteiger charge is -2.21. The van der Waals surface area contributed by atoms with Gasteiger partial charge in [-0.05, 0) is 17.9 Å². The molecule has 1 aromatic carbocycles. The summed E-state index contributed by atoms with van der Waals surface area (Å²) in [7, 11) is 0. The zero-order chi connectivity index (χ0) is 15.9. The third-order valence-corrected chi connectivity index (χ3v) is 2.86. The van der Waals surface area contributed by atoms with Gasteiger partial charge in [0, 0.05) is 0 Å². The van der Waals surface area contributed by atoms with Crippen molar-refractivity contribution in [2.45, 2.75) is 32.5 Å². The number of halogens is 3. The van der Waals surface area contributed by atoms with Crippen LogP contribution in [-0.4, -0.2) is 25.2 Å². The largest absolute Gasteiger partial charge is 0.401 e. The Balaban J connectivity index is 2.55. The van der Waals surface area contributed by atoms with E-state index in [2.05, 4.69) is 10.6 Å². The van der Waals surface area contributed by atoms with Gasteiger partial charge in [-0.15, -0.1) is 0 Å². The van der Waals surface area contributed by atoms with Gasteiger partial charge in [-0.2, -0.15) is 13.2 Å². The van der Waals surface area contributed by atoms with Crippen molar-refractivity contribution in [3.05, 3.63) is 35.9 Å². The van der Waals surface area contributed by atoms with Gasteiger partial charge < -0.3 is 10.6 Å². The van der Waals surface area contributed by atoms with Crippen LogP contribution in [-0.2, 0) is 4.79 Å². The van der Waals surface area contributed by atoms with Crippen molar-refractivity contribution < 1.29 is 18.0 Å². The highest BCUT2D eigenvalue weighted by Gasteiger charge is 2.26. The first-order valence-corrected chi connectivity index (χ1v) is 6.89. The van der Waals surface area contributed by atoms with E-state index in [4.69, 9.17) is 0 Å². The first-order chi connectivity index (χ1) is 9.78. The minimum absolute atomic E-state index is 0.189. The van der Waals surface area contributed by atoms with Crippen molar-refractivity contribution in [1.29, 1.82) is 0 Å². The number of hydrogen-bond acceptors (Lipinski definition) is 2. The van der Waals surface area contributed by atoms with Gasteiger partial charge in [-0.25, -0.2) is 0 Å². The SMILES string of the molecule is CC(C)CC(NC(=O)CNCC(F)(F)F)c1ccccc1. The van der Waals surface area contributed by atoms with Gasteiger partial charge in [-0.1, -0.05) is 44.2 Å². The molecule has 0 saturated carbocycles. The fourth-order valence-corrected chi connectivity index (χ4v) is 2.00. The summed E-state index contributed by atoms with van der Waals surface area (Å²) >= 11 is 0. The maximum atomic E-state index is 12.0. The van der Waals surface area contributed by atoms with Crippen molar-refractivity contribution in [2.24, 2.45) is 5.92 Å². The van der Waals surface area contributed by atoms with Crippen molar-refractivity contribution in [3.63, 3.8) is 0 Å². The molecule has 2 N–H and O–H groups in total. The predicted octanol–water partition coefficient (Wildman–Crippen LogP) is 3.04. The average Bonchev–Trinajstić information content (AvgIpc) is 2.37. The molecule has 0 aliphatic rings. The standard InChI is InChI=1S/C15H21F3N2O/c1-11(2)8-13(12-6-4-3-5-7-12)20-14(21)9-19-10-15(16,17)18/h3-7,11,13,19H,8-10H2,1-2H3,(H,20,21). The number of carbonyl (C=O) groups is 1. The average molecular weight is 302 g/mol. The van der Waals surface area contributed by atoms with Gasteiger partial charge in [0.25, 0.3) is 0 Å². The van der Waals surface area contributed by atoms with Crippen LogP contribution in [0.25, 0.3) is 0 Å². The van der Waals surface area contributed by atoms with Gasteiger partial charge in [-0.3, -0.25) is 4.79 Å². The molecule has 0 saturated heterocycles. The summed E-state index contributed by atoms with van der Waals surface area (Å²) in [5.41, 5.74) is 0.954. The van der Waals surface area contributed by atoms with Crippen molar-refractivity contribution in [1.82, 2.24) is 10.6 Å².